The summed E-state index contributed by atoms with van der Waals surface area (Å²) in [7, 11) is 3.79. The van der Waals surface area contributed by atoms with Crippen LogP contribution in [0.5, 0.6) is 0 Å². The Morgan fingerprint density at radius 3 is 2.89 bits per heavy atom. The standard InChI is InChI=1S/C14H21N3O/c1-10(9-18-3)7-13-16-14-11(8-15)5-4-6-12(14)17(13)2/h4-6,10H,7-9,15H2,1-3H3. The van der Waals surface area contributed by atoms with Crippen LogP contribution in [0.25, 0.3) is 11.0 Å². The molecule has 1 unspecified atom stereocenters. The maximum Gasteiger partial charge on any atom is 0.109 e. The molecule has 2 aromatic rings. The van der Waals surface area contributed by atoms with Crippen LogP contribution in [0, 0.1) is 5.92 Å². The van der Waals surface area contributed by atoms with E-state index in [1.165, 1.54) is 0 Å². The zero-order valence-electron chi connectivity index (χ0n) is 11.3. The molecule has 0 aliphatic heterocycles. The molecule has 98 valence electrons. The number of benzene rings is 1. The van der Waals surface area contributed by atoms with Crippen molar-refractivity contribution < 1.29 is 4.74 Å². The van der Waals surface area contributed by atoms with Gasteiger partial charge in [-0.2, -0.15) is 0 Å². The van der Waals surface area contributed by atoms with Crippen molar-refractivity contribution >= 4 is 11.0 Å². The Balaban J connectivity index is 2.37. The lowest BCUT2D eigenvalue weighted by molar-refractivity contribution is 0.158. The SMILES string of the molecule is COCC(C)Cc1nc2c(CN)cccc2n1C. The molecule has 4 heteroatoms. The number of imidazole rings is 1. The first-order valence-corrected chi connectivity index (χ1v) is 6.29. The van der Waals surface area contributed by atoms with E-state index in [-0.39, 0.29) is 0 Å². The Morgan fingerprint density at radius 2 is 2.22 bits per heavy atom. The lowest BCUT2D eigenvalue weighted by atomic mass is 10.1. The molecule has 1 aromatic carbocycles. The van der Waals surface area contributed by atoms with Gasteiger partial charge in [-0.05, 0) is 17.5 Å². The van der Waals surface area contributed by atoms with Gasteiger partial charge in [0.2, 0.25) is 0 Å². The van der Waals surface area contributed by atoms with Gasteiger partial charge >= 0.3 is 0 Å². The molecule has 4 nitrogen and oxygen atoms in total. The first-order chi connectivity index (χ1) is 8.67. The van der Waals surface area contributed by atoms with E-state index in [1.807, 2.05) is 12.1 Å². The van der Waals surface area contributed by atoms with Crippen LogP contribution in [0.1, 0.15) is 18.3 Å². The third kappa shape index (κ3) is 2.40. The topological polar surface area (TPSA) is 53.1 Å². The molecular formula is C14H21N3O. The number of methoxy groups -OCH3 is 1. The molecule has 0 spiro atoms. The van der Waals surface area contributed by atoms with Crippen molar-refractivity contribution in [1.29, 1.82) is 0 Å². The zero-order valence-corrected chi connectivity index (χ0v) is 11.3. The van der Waals surface area contributed by atoms with Gasteiger partial charge in [0, 0.05) is 33.7 Å². The molecule has 0 saturated heterocycles. The average Bonchev–Trinajstić information content (AvgIpc) is 2.67. The van der Waals surface area contributed by atoms with Crippen molar-refractivity contribution in [3.8, 4) is 0 Å². The minimum Gasteiger partial charge on any atom is -0.384 e. The molecule has 0 fully saturated rings. The van der Waals surface area contributed by atoms with Gasteiger partial charge in [-0.3, -0.25) is 0 Å². The predicted molar refractivity (Wildman–Crippen MR) is 73.3 cm³/mol. The summed E-state index contributed by atoms with van der Waals surface area (Å²) in [6.45, 7) is 3.46. The summed E-state index contributed by atoms with van der Waals surface area (Å²) < 4.78 is 7.33. The van der Waals surface area contributed by atoms with Gasteiger partial charge in [0.1, 0.15) is 5.82 Å². The second-order valence-corrected chi connectivity index (χ2v) is 4.84. The highest BCUT2D eigenvalue weighted by Crippen LogP contribution is 2.20. The first kappa shape index (κ1) is 13.1. The van der Waals surface area contributed by atoms with Gasteiger partial charge in [-0.1, -0.05) is 19.1 Å². The van der Waals surface area contributed by atoms with E-state index < -0.39 is 0 Å². The quantitative estimate of drug-likeness (QED) is 0.877. The van der Waals surface area contributed by atoms with E-state index in [0.717, 1.165) is 35.4 Å². The zero-order chi connectivity index (χ0) is 13.1. The lowest BCUT2D eigenvalue weighted by Crippen LogP contribution is -2.10. The van der Waals surface area contributed by atoms with Crippen LogP contribution in [0.2, 0.25) is 0 Å². The first-order valence-electron chi connectivity index (χ1n) is 6.29. The molecule has 0 bridgehead atoms. The molecule has 0 aliphatic rings. The number of hydrogen-bond acceptors (Lipinski definition) is 3. The van der Waals surface area contributed by atoms with Crippen LogP contribution in [0.15, 0.2) is 18.2 Å². The van der Waals surface area contributed by atoms with Crippen LogP contribution in [-0.2, 0) is 24.8 Å². The van der Waals surface area contributed by atoms with Crippen LogP contribution in [-0.4, -0.2) is 23.3 Å². The van der Waals surface area contributed by atoms with Crippen LogP contribution in [0.4, 0.5) is 0 Å². The highest BCUT2D eigenvalue weighted by Gasteiger charge is 2.13. The van der Waals surface area contributed by atoms with Gasteiger partial charge in [0.15, 0.2) is 0 Å². The van der Waals surface area contributed by atoms with Crippen molar-refractivity contribution in [3.63, 3.8) is 0 Å². The Bertz CT molecular complexity index is 533. The van der Waals surface area contributed by atoms with E-state index in [9.17, 15) is 0 Å². The van der Waals surface area contributed by atoms with E-state index in [0.29, 0.717) is 12.5 Å². The maximum absolute atomic E-state index is 5.75. The largest absolute Gasteiger partial charge is 0.384 e. The predicted octanol–water partition coefficient (Wildman–Crippen LogP) is 1.86. The third-order valence-corrected chi connectivity index (χ3v) is 3.29. The third-order valence-electron chi connectivity index (χ3n) is 3.29. The molecule has 0 aliphatic carbocycles. The molecule has 1 heterocycles. The second kappa shape index (κ2) is 5.50. The summed E-state index contributed by atoms with van der Waals surface area (Å²) >= 11 is 0. The Labute approximate surface area is 108 Å². The van der Waals surface area contributed by atoms with Crippen LogP contribution in [0.3, 0.4) is 0 Å². The molecular weight excluding hydrogens is 226 g/mol. The Hall–Kier alpha value is -1.39. The molecule has 0 saturated carbocycles. The smallest absolute Gasteiger partial charge is 0.109 e. The van der Waals surface area contributed by atoms with Crippen molar-refractivity contribution in [1.82, 2.24) is 9.55 Å². The van der Waals surface area contributed by atoms with Crippen molar-refractivity contribution in [3.05, 3.63) is 29.6 Å². The average molecular weight is 247 g/mol. The molecule has 0 radical (unpaired) electrons. The van der Waals surface area contributed by atoms with E-state index in [4.69, 9.17) is 15.5 Å². The molecule has 1 aromatic heterocycles. The van der Waals surface area contributed by atoms with Crippen LogP contribution < -0.4 is 5.73 Å². The fourth-order valence-electron chi connectivity index (χ4n) is 2.32. The number of aryl methyl sites for hydroxylation is 1. The number of nitrogens with zero attached hydrogens (tertiary/aromatic N) is 2. The van der Waals surface area contributed by atoms with Crippen molar-refractivity contribution in [2.24, 2.45) is 18.7 Å². The monoisotopic (exact) mass is 247 g/mol. The fourth-order valence-corrected chi connectivity index (χ4v) is 2.32. The molecule has 2 N–H and O–H groups in total. The number of rotatable bonds is 5. The molecule has 0 amide bonds. The van der Waals surface area contributed by atoms with Crippen LogP contribution >= 0.6 is 0 Å². The lowest BCUT2D eigenvalue weighted by Gasteiger charge is -2.09. The van der Waals surface area contributed by atoms with Gasteiger partial charge in [0.05, 0.1) is 11.0 Å². The van der Waals surface area contributed by atoms with Gasteiger partial charge in [0.25, 0.3) is 0 Å². The summed E-state index contributed by atoms with van der Waals surface area (Å²) in [5.74, 6) is 1.56. The number of ether oxygens (including phenoxy) is 1. The molecule has 18 heavy (non-hydrogen) atoms. The highest BCUT2D eigenvalue weighted by atomic mass is 16.5. The molecule has 2 rings (SSSR count). The highest BCUT2D eigenvalue weighted by molar-refractivity contribution is 5.79. The number of para-hydroxylation sites is 1. The van der Waals surface area contributed by atoms with E-state index in [2.05, 4.69) is 24.6 Å². The fraction of sp³-hybridized carbons (Fsp3) is 0.500. The van der Waals surface area contributed by atoms with Gasteiger partial charge < -0.3 is 15.0 Å². The summed E-state index contributed by atoms with van der Waals surface area (Å²) in [5.41, 5.74) is 9.04. The minimum atomic E-state index is 0.465. The number of fused-ring (bicyclic) bond motifs is 1. The van der Waals surface area contributed by atoms with Crippen molar-refractivity contribution in [2.45, 2.75) is 19.9 Å². The van der Waals surface area contributed by atoms with Gasteiger partial charge in [-0.15, -0.1) is 0 Å². The minimum absolute atomic E-state index is 0.465. The van der Waals surface area contributed by atoms with Gasteiger partial charge in [-0.25, -0.2) is 4.98 Å². The Kier molecular flexibility index (Phi) is 3.99. The molecule has 1 atom stereocenters. The van der Waals surface area contributed by atoms with E-state index >= 15 is 0 Å². The van der Waals surface area contributed by atoms with Crippen molar-refractivity contribution in [2.75, 3.05) is 13.7 Å². The van der Waals surface area contributed by atoms with E-state index in [1.54, 1.807) is 7.11 Å². The summed E-state index contributed by atoms with van der Waals surface area (Å²) in [6, 6.07) is 6.16. The Morgan fingerprint density at radius 1 is 1.44 bits per heavy atom. The summed E-state index contributed by atoms with van der Waals surface area (Å²) in [4.78, 5) is 4.73. The number of aromatic nitrogens is 2. The summed E-state index contributed by atoms with van der Waals surface area (Å²) in [6.07, 6.45) is 0.920. The summed E-state index contributed by atoms with van der Waals surface area (Å²) in [5, 5.41) is 0. The number of hydrogen-bond donors (Lipinski definition) is 1. The maximum atomic E-state index is 5.75. The normalized spacial score (nSPS) is 13.1. The number of nitrogens with two attached hydrogens (primary N) is 1. The second-order valence-electron chi connectivity index (χ2n) is 4.84.